The minimum absolute atomic E-state index is 0.463. The molecule has 1 fully saturated rings. The Hall–Kier alpha value is -2.79. The zero-order valence-electron chi connectivity index (χ0n) is 16.2. The zero-order valence-corrected chi connectivity index (χ0v) is 17.7. The number of fused-ring (bicyclic) bond motifs is 2. The van der Waals surface area contributed by atoms with Gasteiger partial charge >= 0.3 is 5.76 Å². The van der Waals surface area contributed by atoms with Crippen LogP contribution in [0.2, 0.25) is 5.02 Å². The molecule has 3 heterocycles. The summed E-state index contributed by atoms with van der Waals surface area (Å²) in [5.41, 5.74) is 4.07. The Bertz CT molecular complexity index is 1320. The molecule has 1 N–H and O–H groups in total. The second-order valence-electron chi connectivity index (χ2n) is 7.48. The summed E-state index contributed by atoms with van der Waals surface area (Å²) >= 11 is 7.97. The summed E-state index contributed by atoms with van der Waals surface area (Å²) in [4.78, 5) is 19.0. The summed E-state index contributed by atoms with van der Waals surface area (Å²) in [6.45, 7) is 4.50. The minimum Gasteiger partial charge on any atom is -0.406 e. The quantitative estimate of drug-likeness (QED) is 0.516. The molecule has 0 aliphatic carbocycles. The number of nitrogens with zero attached hydrogens (tertiary/aromatic N) is 3. The summed E-state index contributed by atoms with van der Waals surface area (Å²) in [5, 5.41) is 13.2. The molecule has 0 spiro atoms. The number of anilines is 1. The molecule has 1 aliphatic rings. The number of nitriles is 1. The average Bonchev–Trinajstić information content (AvgIpc) is 3.33. The Morgan fingerprint density at radius 3 is 2.83 bits per heavy atom. The van der Waals surface area contributed by atoms with Crippen molar-refractivity contribution in [2.24, 2.45) is 0 Å². The average molecular weight is 439 g/mol. The first-order valence-electron chi connectivity index (χ1n) is 9.80. The van der Waals surface area contributed by atoms with Crippen LogP contribution in [0, 0.1) is 11.3 Å². The van der Waals surface area contributed by atoms with Gasteiger partial charge < -0.3 is 9.32 Å². The van der Waals surface area contributed by atoms with Gasteiger partial charge in [-0.1, -0.05) is 11.6 Å². The van der Waals surface area contributed by atoms with Crippen LogP contribution < -0.4 is 10.7 Å². The summed E-state index contributed by atoms with van der Waals surface area (Å²) < 4.78 is 6.57. The number of halogens is 1. The van der Waals surface area contributed by atoms with Crippen molar-refractivity contribution in [3.8, 4) is 6.07 Å². The monoisotopic (exact) mass is 438 g/mol. The van der Waals surface area contributed by atoms with Gasteiger partial charge in [0.2, 0.25) is 0 Å². The number of oxazole rings is 1. The summed E-state index contributed by atoms with van der Waals surface area (Å²) in [5.74, 6) is -0.463. The first-order chi connectivity index (χ1) is 14.6. The maximum atomic E-state index is 11.6. The van der Waals surface area contributed by atoms with Crippen LogP contribution in [-0.2, 0) is 6.42 Å². The fraction of sp³-hybridized carbons (Fsp3) is 0.273. The third kappa shape index (κ3) is 3.58. The molecule has 5 rings (SSSR count). The molecular weight excluding hydrogens is 420 g/mol. The number of hydrogen-bond donors (Lipinski definition) is 1. The fourth-order valence-electron chi connectivity index (χ4n) is 4.08. The SMILES string of the molecule is N#Cc1ccc2scc(CCN3CCN(c4cc(Cl)cc5[nH]c(=O)oc45)CC3)c2c1. The lowest BCUT2D eigenvalue weighted by Gasteiger charge is -2.36. The molecule has 30 heavy (non-hydrogen) atoms. The highest BCUT2D eigenvalue weighted by Gasteiger charge is 2.21. The van der Waals surface area contributed by atoms with Gasteiger partial charge in [0.05, 0.1) is 22.8 Å². The lowest BCUT2D eigenvalue weighted by atomic mass is 10.1. The molecule has 8 heteroatoms. The molecule has 0 saturated carbocycles. The predicted octanol–water partition coefficient (Wildman–Crippen LogP) is 4.23. The number of benzene rings is 2. The molecule has 4 aromatic rings. The highest BCUT2D eigenvalue weighted by molar-refractivity contribution is 7.17. The van der Waals surface area contributed by atoms with E-state index in [1.165, 1.54) is 15.6 Å². The molecular formula is C22H19ClN4O2S. The largest absolute Gasteiger partial charge is 0.417 e. The number of hydrogen-bond acceptors (Lipinski definition) is 6. The van der Waals surface area contributed by atoms with E-state index in [-0.39, 0.29) is 0 Å². The minimum atomic E-state index is -0.463. The van der Waals surface area contributed by atoms with E-state index in [1.807, 2.05) is 24.3 Å². The third-order valence-electron chi connectivity index (χ3n) is 5.66. The number of aromatic nitrogens is 1. The Balaban J connectivity index is 1.26. The normalized spacial score (nSPS) is 15.1. The van der Waals surface area contributed by atoms with Gasteiger partial charge in [0.1, 0.15) is 0 Å². The lowest BCUT2D eigenvalue weighted by molar-refractivity contribution is 0.261. The van der Waals surface area contributed by atoms with E-state index in [0.717, 1.165) is 44.8 Å². The number of thiophene rings is 1. The second-order valence-corrected chi connectivity index (χ2v) is 8.83. The van der Waals surface area contributed by atoms with Gasteiger partial charge in [-0.2, -0.15) is 5.26 Å². The summed E-state index contributed by atoms with van der Waals surface area (Å²) in [6, 6.07) is 11.7. The van der Waals surface area contributed by atoms with Gasteiger partial charge in [0, 0.05) is 42.4 Å². The van der Waals surface area contributed by atoms with Crippen LogP contribution >= 0.6 is 22.9 Å². The molecule has 1 aliphatic heterocycles. The van der Waals surface area contributed by atoms with Crippen LogP contribution in [0.1, 0.15) is 11.1 Å². The van der Waals surface area contributed by atoms with E-state index in [9.17, 15) is 4.79 Å². The Labute approximate surface area is 181 Å². The van der Waals surface area contributed by atoms with Crippen molar-refractivity contribution in [3.05, 3.63) is 62.4 Å². The standard InChI is InChI=1S/C22H19ClN4O2S/c23-16-10-18-21(29-22(28)25-18)19(11-16)27-7-5-26(6-8-27)4-3-15-13-30-20-2-1-14(12-24)9-17(15)20/h1-2,9-11,13H,3-8H2,(H,25,28). The van der Waals surface area contributed by atoms with Gasteiger partial charge in [-0.25, -0.2) is 4.79 Å². The smallest absolute Gasteiger partial charge is 0.406 e. The molecule has 6 nitrogen and oxygen atoms in total. The van der Waals surface area contributed by atoms with Crippen LogP contribution in [0.3, 0.4) is 0 Å². The van der Waals surface area contributed by atoms with Crippen molar-refractivity contribution in [1.82, 2.24) is 9.88 Å². The molecule has 2 aromatic heterocycles. The Morgan fingerprint density at radius 1 is 1.20 bits per heavy atom. The predicted molar refractivity (Wildman–Crippen MR) is 121 cm³/mol. The first-order valence-corrected chi connectivity index (χ1v) is 11.1. The molecule has 1 saturated heterocycles. The molecule has 0 amide bonds. The zero-order chi connectivity index (χ0) is 20.7. The summed E-state index contributed by atoms with van der Waals surface area (Å²) in [6.07, 6.45) is 0.961. The number of H-pyrrole nitrogens is 1. The van der Waals surface area contributed by atoms with Crippen molar-refractivity contribution in [3.63, 3.8) is 0 Å². The molecule has 0 atom stereocenters. The van der Waals surface area contributed by atoms with Crippen molar-refractivity contribution >= 4 is 49.8 Å². The molecule has 0 unspecified atom stereocenters. The number of rotatable bonds is 4. The van der Waals surface area contributed by atoms with Gasteiger partial charge in [0.25, 0.3) is 0 Å². The number of piperazine rings is 1. The maximum absolute atomic E-state index is 11.6. The van der Waals surface area contributed by atoms with Crippen molar-refractivity contribution in [2.75, 3.05) is 37.6 Å². The van der Waals surface area contributed by atoms with E-state index in [4.69, 9.17) is 21.3 Å². The van der Waals surface area contributed by atoms with Crippen molar-refractivity contribution < 1.29 is 4.42 Å². The van der Waals surface area contributed by atoms with Crippen LogP contribution in [0.15, 0.2) is 44.9 Å². The molecule has 152 valence electrons. The summed E-state index contributed by atoms with van der Waals surface area (Å²) in [7, 11) is 0. The number of nitrogens with one attached hydrogen (secondary N) is 1. The first kappa shape index (κ1) is 19.2. The number of aromatic amines is 1. The van der Waals surface area contributed by atoms with Gasteiger partial charge in [-0.05, 0) is 53.1 Å². The van der Waals surface area contributed by atoms with Gasteiger partial charge in [0.15, 0.2) is 5.58 Å². The van der Waals surface area contributed by atoms with E-state index in [0.29, 0.717) is 21.7 Å². The van der Waals surface area contributed by atoms with E-state index in [1.54, 1.807) is 17.4 Å². The van der Waals surface area contributed by atoms with Crippen LogP contribution in [0.25, 0.3) is 21.2 Å². The van der Waals surface area contributed by atoms with E-state index in [2.05, 4.69) is 26.2 Å². The molecule has 0 radical (unpaired) electrons. The Kier molecular flexibility index (Phi) is 4.99. The van der Waals surface area contributed by atoms with Gasteiger partial charge in [-0.15, -0.1) is 11.3 Å². The van der Waals surface area contributed by atoms with Crippen LogP contribution in [-0.4, -0.2) is 42.6 Å². The Morgan fingerprint density at radius 2 is 2.03 bits per heavy atom. The third-order valence-corrected chi connectivity index (χ3v) is 6.89. The maximum Gasteiger partial charge on any atom is 0.417 e. The van der Waals surface area contributed by atoms with Crippen molar-refractivity contribution in [1.29, 1.82) is 5.26 Å². The highest BCUT2D eigenvalue weighted by Crippen LogP contribution is 2.31. The van der Waals surface area contributed by atoms with Crippen LogP contribution in [0.5, 0.6) is 0 Å². The topological polar surface area (TPSA) is 76.3 Å². The van der Waals surface area contributed by atoms with E-state index < -0.39 is 5.76 Å². The van der Waals surface area contributed by atoms with Crippen LogP contribution in [0.4, 0.5) is 5.69 Å². The van der Waals surface area contributed by atoms with Gasteiger partial charge in [-0.3, -0.25) is 9.88 Å². The van der Waals surface area contributed by atoms with E-state index >= 15 is 0 Å². The lowest BCUT2D eigenvalue weighted by Crippen LogP contribution is -2.47. The molecule has 2 aromatic carbocycles. The second kappa shape index (κ2) is 7.80. The highest BCUT2D eigenvalue weighted by atomic mass is 35.5. The van der Waals surface area contributed by atoms with Crippen molar-refractivity contribution in [2.45, 2.75) is 6.42 Å². The molecule has 0 bridgehead atoms. The fourth-order valence-corrected chi connectivity index (χ4v) is 5.27.